The average Bonchev–Trinajstić information content (AvgIpc) is 3.49. The standard InChI is InChI=1S/C26H27N5O3/c1-3-16-11-17-4-7-30(24(17)27-13-16)26(33)19-12-22-20(10-15(19)2)23-21(25(32)29-22)14-28-31(23)18-5-8-34-9-6-18/h10-14,18H,3-9H2,1-2H3,(H,29,32). The van der Waals surface area contributed by atoms with Crippen LogP contribution in [0.2, 0.25) is 0 Å². The molecule has 4 aromatic rings. The van der Waals surface area contributed by atoms with Gasteiger partial charge in [0.15, 0.2) is 0 Å². The number of benzene rings is 1. The second-order valence-electron chi connectivity index (χ2n) is 9.25. The lowest BCUT2D eigenvalue weighted by Crippen LogP contribution is -2.30. The van der Waals surface area contributed by atoms with Crippen LogP contribution in [0.1, 0.15) is 52.9 Å². The molecule has 34 heavy (non-hydrogen) atoms. The van der Waals surface area contributed by atoms with Crippen molar-refractivity contribution in [1.29, 1.82) is 0 Å². The Bertz CT molecular complexity index is 1500. The highest BCUT2D eigenvalue weighted by Gasteiger charge is 2.29. The number of hydrogen-bond acceptors (Lipinski definition) is 5. The Labute approximate surface area is 196 Å². The number of pyridine rings is 2. The van der Waals surface area contributed by atoms with Crippen LogP contribution in [0.25, 0.3) is 21.8 Å². The first-order valence-electron chi connectivity index (χ1n) is 12.0. The molecule has 1 N–H and O–H groups in total. The molecule has 0 bridgehead atoms. The highest BCUT2D eigenvalue weighted by molar-refractivity contribution is 6.11. The van der Waals surface area contributed by atoms with Gasteiger partial charge in [0.2, 0.25) is 0 Å². The third-order valence-electron chi connectivity index (χ3n) is 7.19. The lowest BCUT2D eigenvalue weighted by Gasteiger charge is -2.23. The number of aryl methyl sites for hydroxylation is 2. The SMILES string of the molecule is CCc1cnc2c(c1)CCN2C(=O)c1cc2[nH]c(=O)c3cnn(C4CCOCC4)c3c2cc1C. The Morgan fingerprint density at radius 2 is 2.00 bits per heavy atom. The Morgan fingerprint density at radius 1 is 1.18 bits per heavy atom. The van der Waals surface area contributed by atoms with Gasteiger partial charge in [0.25, 0.3) is 11.5 Å². The molecule has 1 aromatic carbocycles. The molecule has 1 amide bonds. The van der Waals surface area contributed by atoms with Crippen molar-refractivity contribution in [2.24, 2.45) is 0 Å². The molecule has 0 atom stereocenters. The van der Waals surface area contributed by atoms with Gasteiger partial charge in [0.1, 0.15) is 5.82 Å². The molecule has 5 heterocycles. The Morgan fingerprint density at radius 3 is 2.79 bits per heavy atom. The van der Waals surface area contributed by atoms with Gasteiger partial charge in [-0.25, -0.2) is 4.98 Å². The number of nitrogens with zero attached hydrogens (tertiary/aromatic N) is 4. The van der Waals surface area contributed by atoms with Crippen LogP contribution in [0.5, 0.6) is 0 Å². The van der Waals surface area contributed by atoms with Crippen LogP contribution in [0.4, 0.5) is 5.82 Å². The summed E-state index contributed by atoms with van der Waals surface area (Å²) in [4.78, 5) is 35.8. The summed E-state index contributed by atoms with van der Waals surface area (Å²) in [6.45, 7) is 6.04. The fourth-order valence-corrected chi connectivity index (χ4v) is 5.28. The fraction of sp³-hybridized carbons (Fsp3) is 0.385. The molecule has 0 unspecified atom stereocenters. The number of amides is 1. The van der Waals surface area contributed by atoms with Crippen LogP contribution in [0.3, 0.4) is 0 Å². The first-order chi connectivity index (χ1) is 16.5. The van der Waals surface area contributed by atoms with Crippen LogP contribution < -0.4 is 10.5 Å². The third-order valence-corrected chi connectivity index (χ3v) is 7.19. The van der Waals surface area contributed by atoms with Crippen molar-refractivity contribution in [2.45, 2.75) is 45.6 Å². The van der Waals surface area contributed by atoms with Gasteiger partial charge in [-0.2, -0.15) is 5.10 Å². The van der Waals surface area contributed by atoms with E-state index < -0.39 is 0 Å². The largest absolute Gasteiger partial charge is 0.381 e. The number of anilines is 1. The van der Waals surface area contributed by atoms with Gasteiger partial charge >= 0.3 is 0 Å². The summed E-state index contributed by atoms with van der Waals surface area (Å²) in [6, 6.07) is 6.16. The van der Waals surface area contributed by atoms with Crippen molar-refractivity contribution < 1.29 is 9.53 Å². The zero-order valence-corrected chi connectivity index (χ0v) is 19.4. The van der Waals surface area contributed by atoms with Gasteiger partial charge in [-0.1, -0.05) is 13.0 Å². The summed E-state index contributed by atoms with van der Waals surface area (Å²) >= 11 is 0. The first-order valence-corrected chi connectivity index (χ1v) is 12.0. The molecule has 6 rings (SSSR count). The Kier molecular flexibility index (Phi) is 4.99. The number of aromatic amines is 1. The zero-order valence-electron chi connectivity index (χ0n) is 19.4. The molecule has 2 aliphatic rings. The van der Waals surface area contributed by atoms with Crippen molar-refractivity contribution in [2.75, 3.05) is 24.7 Å². The van der Waals surface area contributed by atoms with E-state index in [4.69, 9.17) is 4.74 Å². The van der Waals surface area contributed by atoms with Crippen molar-refractivity contribution in [3.05, 3.63) is 63.2 Å². The zero-order chi connectivity index (χ0) is 23.4. The number of aromatic nitrogens is 4. The van der Waals surface area contributed by atoms with Gasteiger partial charge in [-0.05, 0) is 61.4 Å². The molecule has 0 aliphatic carbocycles. The second-order valence-corrected chi connectivity index (χ2v) is 9.25. The maximum absolute atomic E-state index is 13.6. The molecule has 0 spiro atoms. The molecule has 174 valence electrons. The molecule has 0 saturated carbocycles. The topological polar surface area (TPSA) is 93.1 Å². The van der Waals surface area contributed by atoms with Gasteiger partial charge in [-0.3, -0.25) is 19.2 Å². The summed E-state index contributed by atoms with van der Waals surface area (Å²) in [6.07, 6.45) is 6.95. The minimum absolute atomic E-state index is 0.0891. The minimum atomic E-state index is -0.191. The van der Waals surface area contributed by atoms with Crippen LogP contribution >= 0.6 is 0 Å². The van der Waals surface area contributed by atoms with Crippen LogP contribution in [-0.2, 0) is 17.6 Å². The van der Waals surface area contributed by atoms with E-state index in [2.05, 4.69) is 28.1 Å². The quantitative estimate of drug-likeness (QED) is 0.506. The number of hydrogen-bond donors (Lipinski definition) is 1. The van der Waals surface area contributed by atoms with E-state index in [0.717, 1.165) is 53.5 Å². The summed E-state index contributed by atoms with van der Waals surface area (Å²) < 4.78 is 7.49. The predicted octanol–water partition coefficient (Wildman–Crippen LogP) is 3.70. The third kappa shape index (κ3) is 3.24. The Balaban J connectivity index is 1.45. The number of carbonyl (C=O) groups excluding carboxylic acids is 1. The Hall–Kier alpha value is -3.52. The fourth-order valence-electron chi connectivity index (χ4n) is 5.28. The second kappa shape index (κ2) is 8.06. The van der Waals surface area contributed by atoms with Crippen molar-refractivity contribution in [1.82, 2.24) is 19.7 Å². The van der Waals surface area contributed by atoms with Gasteiger partial charge < -0.3 is 9.72 Å². The highest BCUT2D eigenvalue weighted by Crippen LogP contribution is 2.32. The minimum Gasteiger partial charge on any atom is -0.381 e. The molecule has 1 saturated heterocycles. The first kappa shape index (κ1) is 21.0. The maximum Gasteiger partial charge on any atom is 0.259 e. The summed E-state index contributed by atoms with van der Waals surface area (Å²) in [5.41, 5.74) is 5.02. The van der Waals surface area contributed by atoms with E-state index in [1.807, 2.05) is 29.9 Å². The monoisotopic (exact) mass is 457 g/mol. The van der Waals surface area contributed by atoms with E-state index in [-0.39, 0.29) is 17.5 Å². The van der Waals surface area contributed by atoms with E-state index in [1.165, 1.54) is 5.56 Å². The van der Waals surface area contributed by atoms with Gasteiger partial charge in [0, 0.05) is 36.9 Å². The molecule has 8 nitrogen and oxygen atoms in total. The van der Waals surface area contributed by atoms with Crippen LogP contribution in [-0.4, -0.2) is 45.4 Å². The molecule has 3 aromatic heterocycles. The molecule has 8 heteroatoms. The van der Waals surface area contributed by atoms with Crippen molar-refractivity contribution in [3.8, 4) is 0 Å². The molecule has 0 radical (unpaired) electrons. The van der Waals surface area contributed by atoms with E-state index >= 15 is 0 Å². The molecular formula is C26H27N5O3. The highest BCUT2D eigenvalue weighted by atomic mass is 16.5. The molecule has 1 fully saturated rings. The predicted molar refractivity (Wildman–Crippen MR) is 131 cm³/mol. The van der Waals surface area contributed by atoms with Gasteiger partial charge in [-0.15, -0.1) is 0 Å². The summed E-state index contributed by atoms with van der Waals surface area (Å²) in [5, 5.41) is 6.05. The number of nitrogens with one attached hydrogen (secondary N) is 1. The normalized spacial score (nSPS) is 16.5. The number of ether oxygens (including phenoxy) is 1. The maximum atomic E-state index is 13.6. The van der Waals surface area contributed by atoms with E-state index in [1.54, 1.807) is 11.1 Å². The lowest BCUT2D eigenvalue weighted by molar-refractivity contribution is 0.0675. The smallest absolute Gasteiger partial charge is 0.259 e. The van der Waals surface area contributed by atoms with Crippen molar-refractivity contribution in [3.63, 3.8) is 0 Å². The van der Waals surface area contributed by atoms with E-state index in [9.17, 15) is 9.59 Å². The van der Waals surface area contributed by atoms with Gasteiger partial charge in [0.05, 0.1) is 28.7 Å². The number of rotatable bonds is 3. The van der Waals surface area contributed by atoms with E-state index in [0.29, 0.717) is 36.2 Å². The number of fused-ring (bicyclic) bond motifs is 4. The number of H-pyrrole nitrogens is 1. The molecule has 2 aliphatic heterocycles. The van der Waals surface area contributed by atoms with Crippen LogP contribution in [0, 0.1) is 6.92 Å². The van der Waals surface area contributed by atoms with Crippen molar-refractivity contribution >= 4 is 33.5 Å². The molecular weight excluding hydrogens is 430 g/mol. The average molecular weight is 458 g/mol. The van der Waals surface area contributed by atoms with Crippen LogP contribution in [0.15, 0.2) is 35.4 Å². The summed E-state index contributed by atoms with van der Waals surface area (Å²) in [7, 11) is 0. The summed E-state index contributed by atoms with van der Waals surface area (Å²) in [5.74, 6) is 0.650. The number of carbonyl (C=O) groups is 1. The lowest BCUT2D eigenvalue weighted by atomic mass is 10.0.